The standard InChI is InChI=1S/C24H41N3O2/c28-23(27-15-13-26(14-16-27)20-5-3-1-2-4-6-20)22-19-24(22)9-11-25(12-10-24)21-7-17-29-18-8-21/h20-22H,1-19H2. The van der Waals surface area contributed by atoms with Gasteiger partial charge in [0, 0.05) is 57.4 Å². The molecule has 1 spiro atoms. The van der Waals surface area contributed by atoms with E-state index in [2.05, 4.69) is 14.7 Å². The molecule has 3 heterocycles. The average Bonchev–Trinajstić information content (AvgIpc) is 3.54. The molecule has 5 heteroatoms. The van der Waals surface area contributed by atoms with Crippen LogP contribution in [0.3, 0.4) is 0 Å². The number of likely N-dealkylation sites (tertiary alicyclic amines) is 1. The fourth-order valence-electron chi connectivity index (χ4n) is 6.79. The maximum absolute atomic E-state index is 13.2. The van der Waals surface area contributed by atoms with E-state index in [4.69, 9.17) is 4.74 Å². The number of piperazine rings is 1. The number of hydrogen-bond acceptors (Lipinski definition) is 4. The number of amides is 1. The Bertz CT molecular complexity index is 552. The second kappa shape index (κ2) is 8.84. The molecule has 1 amide bonds. The van der Waals surface area contributed by atoms with Crippen LogP contribution in [0.25, 0.3) is 0 Å². The van der Waals surface area contributed by atoms with Gasteiger partial charge in [0.15, 0.2) is 0 Å². The zero-order valence-electron chi connectivity index (χ0n) is 18.3. The molecule has 2 saturated carbocycles. The van der Waals surface area contributed by atoms with Crippen molar-refractivity contribution in [2.24, 2.45) is 11.3 Å². The van der Waals surface area contributed by atoms with Crippen molar-refractivity contribution in [2.45, 2.75) is 82.7 Å². The van der Waals surface area contributed by atoms with Gasteiger partial charge in [-0.05, 0) is 63.5 Å². The smallest absolute Gasteiger partial charge is 0.226 e. The second-order valence-corrected chi connectivity index (χ2v) is 10.5. The molecule has 5 aliphatic rings. The van der Waals surface area contributed by atoms with Crippen LogP contribution >= 0.6 is 0 Å². The third-order valence-corrected chi connectivity index (χ3v) is 8.96. The molecular weight excluding hydrogens is 362 g/mol. The van der Waals surface area contributed by atoms with Crippen molar-refractivity contribution in [1.82, 2.24) is 14.7 Å². The zero-order chi connectivity index (χ0) is 19.7. The van der Waals surface area contributed by atoms with Crippen LogP contribution < -0.4 is 0 Å². The molecule has 29 heavy (non-hydrogen) atoms. The van der Waals surface area contributed by atoms with Crippen LogP contribution in [0.2, 0.25) is 0 Å². The topological polar surface area (TPSA) is 36.0 Å². The average molecular weight is 404 g/mol. The Labute approximate surface area is 177 Å². The monoisotopic (exact) mass is 403 g/mol. The Morgan fingerprint density at radius 1 is 0.724 bits per heavy atom. The Hall–Kier alpha value is -0.650. The number of carbonyl (C=O) groups is 1. The largest absolute Gasteiger partial charge is 0.381 e. The molecule has 0 aromatic carbocycles. The van der Waals surface area contributed by atoms with Crippen molar-refractivity contribution in [3.8, 4) is 0 Å². The Balaban J connectivity index is 1.08. The van der Waals surface area contributed by atoms with Crippen molar-refractivity contribution >= 4 is 5.91 Å². The molecule has 5 rings (SSSR count). The lowest BCUT2D eigenvalue weighted by Gasteiger charge is -2.41. The summed E-state index contributed by atoms with van der Waals surface area (Å²) >= 11 is 0. The first-order chi connectivity index (χ1) is 14.3. The van der Waals surface area contributed by atoms with Gasteiger partial charge in [0.2, 0.25) is 5.91 Å². The summed E-state index contributed by atoms with van der Waals surface area (Å²) in [6.07, 6.45) is 14.4. The summed E-state index contributed by atoms with van der Waals surface area (Å²) in [4.78, 5) is 20.8. The molecule has 3 aliphatic heterocycles. The zero-order valence-corrected chi connectivity index (χ0v) is 18.3. The van der Waals surface area contributed by atoms with Gasteiger partial charge in [-0.3, -0.25) is 9.69 Å². The summed E-state index contributed by atoms with van der Waals surface area (Å²) in [5, 5.41) is 0. The van der Waals surface area contributed by atoms with Crippen molar-refractivity contribution in [2.75, 3.05) is 52.5 Å². The summed E-state index contributed by atoms with van der Waals surface area (Å²) in [7, 11) is 0. The highest BCUT2D eigenvalue weighted by Gasteiger charge is 2.59. The number of carbonyl (C=O) groups excluding carboxylic acids is 1. The van der Waals surface area contributed by atoms with Crippen LogP contribution in [0.15, 0.2) is 0 Å². The van der Waals surface area contributed by atoms with E-state index in [1.165, 1.54) is 77.3 Å². The van der Waals surface area contributed by atoms with E-state index in [1.807, 2.05) is 0 Å². The Kier molecular flexibility index (Phi) is 6.18. The predicted molar refractivity (Wildman–Crippen MR) is 115 cm³/mol. The molecule has 0 aromatic rings. The predicted octanol–water partition coefficient (Wildman–Crippen LogP) is 3.13. The number of ether oxygens (including phenoxy) is 1. The van der Waals surface area contributed by atoms with Gasteiger partial charge in [0.25, 0.3) is 0 Å². The number of nitrogens with zero attached hydrogens (tertiary/aromatic N) is 3. The first-order valence-corrected chi connectivity index (χ1v) is 12.6. The summed E-state index contributed by atoms with van der Waals surface area (Å²) in [6.45, 7) is 8.40. The minimum Gasteiger partial charge on any atom is -0.381 e. The number of piperidine rings is 1. The molecular formula is C24H41N3O2. The van der Waals surface area contributed by atoms with E-state index in [1.54, 1.807) is 0 Å². The van der Waals surface area contributed by atoms with E-state index in [0.717, 1.165) is 57.9 Å². The quantitative estimate of drug-likeness (QED) is 0.679. The highest BCUT2D eigenvalue weighted by molar-refractivity contribution is 5.83. The van der Waals surface area contributed by atoms with Crippen LogP contribution in [0.1, 0.15) is 70.6 Å². The maximum Gasteiger partial charge on any atom is 0.226 e. The molecule has 5 fully saturated rings. The lowest BCUT2D eigenvalue weighted by Crippen LogP contribution is -2.52. The van der Waals surface area contributed by atoms with Crippen LogP contribution in [-0.2, 0) is 9.53 Å². The third kappa shape index (κ3) is 4.38. The van der Waals surface area contributed by atoms with Gasteiger partial charge in [-0.2, -0.15) is 0 Å². The summed E-state index contributed by atoms with van der Waals surface area (Å²) in [5.41, 5.74) is 0.358. The molecule has 1 atom stereocenters. The number of rotatable bonds is 3. The highest BCUT2D eigenvalue weighted by atomic mass is 16.5. The summed E-state index contributed by atoms with van der Waals surface area (Å²) < 4.78 is 5.53. The fraction of sp³-hybridized carbons (Fsp3) is 0.958. The molecule has 164 valence electrons. The SMILES string of the molecule is O=C(C1CC12CCN(C1CCOCC1)CC2)N1CCN(C2CCCCCC2)CC1. The molecule has 0 bridgehead atoms. The van der Waals surface area contributed by atoms with Crippen LogP contribution in [0, 0.1) is 11.3 Å². The van der Waals surface area contributed by atoms with Gasteiger partial charge in [-0.15, -0.1) is 0 Å². The Morgan fingerprint density at radius 2 is 1.31 bits per heavy atom. The molecule has 0 aromatic heterocycles. The van der Waals surface area contributed by atoms with Gasteiger partial charge in [0.05, 0.1) is 0 Å². The first-order valence-electron chi connectivity index (χ1n) is 12.6. The van der Waals surface area contributed by atoms with Gasteiger partial charge in [-0.25, -0.2) is 0 Å². The van der Waals surface area contributed by atoms with Gasteiger partial charge >= 0.3 is 0 Å². The van der Waals surface area contributed by atoms with E-state index in [9.17, 15) is 4.79 Å². The van der Waals surface area contributed by atoms with E-state index in [-0.39, 0.29) is 0 Å². The molecule has 3 saturated heterocycles. The summed E-state index contributed by atoms with van der Waals surface area (Å²) in [6, 6.07) is 1.52. The Morgan fingerprint density at radius 3 is 1.97 bits per heavy atom. The van der Waals surface area contributed by atoms with Crippen molar-refractivity contribution in [3.63, 3.8) is 0 Å². The minimum absolute atomic E-state index is 0.337. The van der Waals surface area contributed by atoms with Crippen molar-refractivity contribution < 1.29 is 9.53 Å². The van der Waals surface area contributed by atoms with Gasteiger partial charge < -0.3 is 14.5 Å². The van der Waals surface area contributed by atoms with Gasteiger partial charge in [0.1, 0.15) is 0 Å². The van der Waals surface area contributed by atoms with Crippen molar-refractivity contribution in [1.29, 1.82) is 0 Å². The normalized spacial score (nSPS) is 33.0. The molecule has 2 aliphatic carbocycles. The van der Waals surface area contributed by atoms with E-state index < -0.39 is 0 Å². The molecule has 5 nitrogen and oxygen atoms in total. The third-order valence-electron chi connectivity index (χ3n) is 8.96. The highest BCUT2D eigenvalue weighted by Crippen LogP contribution is 2.60. The molecule has 0 N–H and O–H groups in total. The lowest BCUT2D eigenvalue weighted by atomic mass is 9.89. The lowest BCUT2D eigenvalue weighted by molar-refractivity contribution is -0.136. The van der Waals surface area contributed by atoms with Crippen LogP contribution in [0.5, 0.6) is 0 Å². The molecule has 0 radical (unpaired) electrons. The second-order valence-electron chi connectivity index (χ2n) is 10.5. The number of hydrogen-bond donors (Lipinski definition) is 0. The fourth-order valence-corrected chi connectivity index (χ4v) is 6.79. The van der Waals surface area contributed by atoms with Crippen LogP contribution in [0.4, 0.5) is 0 Å². The van der Waals surface area contributed by atoms with E-state index >= 15 is 0 Å². The first kappa shape index (κ1) is 20.3. The maximum atomic E-state index is 13.2. The minimum atomic E-state index is 0.337. The molecule has 1 unspecified atom stereocenters. The van der Waals surface area contributed by atoms with Gasteiger partial charge in [-0.1, -0.05) is 25.7 Å². The summed E-state index contributed by atoms with van der Waals surface area (Å²) in [5.74, 6) is 0.828. The van der Waals surface area contributed by atoms with Crippen LogP contribution in [-0.4, -0.2) is 85.2 Å². The van der Waals surface area contributed by atoms with Crippen molar-refractivity contribution in [3.05, 3.63) is 0 Å². The van der Waals surface area contributed by atoms with E-state index in [0.29, 0.717) is 17.2 Å².